The molecule has 0 radical (unpaired) electrons. The first-order valence-corrected chi connectivity index (χ1v) is 6.51. The van der Waals surface area contributed by atoms with Gasteiger partial charge in [0.1, 0.15) is 5.75 Å². The van der Waals surface area contributed by atoms with E-state index < -0.39 is 0 Å². The lowest BCUT2D eigenvalue weighted by Crippen LogP contribution is -2.20. The van der Waals surface area contributed by atoms with Crippen LogP contribution in [0.25, 0.3) is 11.3 Å². The normalized spacial score (nSPS) is 13.6. The van der Waals surface area contributed by atoms with Gasteiger partial charge in [0.15, 0.2) is 0 Å². The third-order valence-corrected chi connectivity index (χ3v) is 3.40. The Hall–Kier alpha value is -2.36. The van der Waals surface area contributed by atoms with Crippen molar-refractivity contribution in [3.05, 3.63) is 47.2 Å². The molecule has 3 rings (SSSR count). The lowest BCUT2D eigenvalue weighted by atomic mass is 9.96. The number of hydrogen-bond acceptors (Lipinski definition) is 4. The molecule has 1 aliphatic rings. The second-order valence-corrected chi connectivity index (χ2v) is 4.73. The van der Waals surface area contributed by atoms with E-state index in [9.17, 15) is 4.79 Å². The van der Waals surface area contributed by atoms with Crippen molar-refractivity contribution in [3.63, 3.8) is 0 Å². The van der Waals surface area contributed by atoms with Gasteiger partial charge >= 0.3 is 5.97 Å². The summed E-state index contributed by atoms with van der Waals surface area (Å²) in [7, 11) is 1.61. The molecule has 2 aromatic rings. The molecule has 1 aliphatic heterocycles. The van der Waals surface area contributed by atoms with Gasteiger partial charge in [0, 0.05) is 17.7 Å². The van der Waals surface area contributed by atoms with Crippen molar-refractivity contribution in [2.45, 2.75) is 13.3 Å². The lowest BCUT2D eigenvalue weighted by molar-refractivity contribution is 0.0481. The summed E-state index contributed by atoms with van der Waals surface area (Å²) in [5.41, 5.74) is 3.90. The summed E-state index contributed by atoms with van der Waals surface area (Å²) in [6.45, 7) is 2.36. The molecule has 102 valence electrons. The Bertz CT molecular complexity index is 679. The molecule has 1 aromatic carbocycles. The van der Waals surface area contributed by atoms with Crippen LogP contribution in [0.2, 0.25) is 0 Å². The van der Waals surface area contributed by atoms with Crippen molar-refractivity contribution in [1.29, 1.82) is 0 Å². The number of carbonyl (C=O) groups excluding carboxylic acids is 1. The Morgan fingerprint density at radius 1 is 1.30 bits per heavy atom. The van der Waals surface area contributed by atoms with Gasteiger partial charge in [-0.15, -0.1) is 0 Å². The number of esters is 1. The smallest absolute Gasteiger partial charge is 0.340 e. The number of methoxy groups -OCH3 is 1. The van der Waals surface area contributed by atoms with Gasteiger partial charge in [-0.3, -0.25) is 4.98 Å². The molecule has 0 fully saturated rings. The highest BCUT2D eigenvalue weighted by molar-refractivity contribution is 5.99. The molecular weight excluding hydrogens is 254 g/mol. The maximum absolute atomic E-state index is 12.1. The Labute approximate surface area is 117 Å². The van der Waals surface area contributed by atoms with Crippen LogP contribution in [0, 0.1) is 6.92 Å². The fourth-order valence-electron chi connectivity index (χ4n) is 2.53. The number of fused-ring (bicyclic) bond motifs is 1. The average Bonchev–Trinajstić information content (AvgIpc) is 2.46. The zero-order valence-electron chi connectivity index (χ0n) is 11.5. The van der Waals surface area contributed by atoms with E-state index in [-0.39, 0.29) is 5.97 Å². The molecule has 0 aliphatic carbocycles. The number of rotatable bonds is 2. The highest BCUT2D eigenvalue weighted by atomic mass is 16.5. The van der Waals surface area contributed by atoms with Gasteiger partial charge in [0.05, 0.1) is 25.0 Å². The molecule has 0 amide bonds. The van der Waals surface area contributed by atoms with E-state index in [0.29, 0.717) is 23.6 Å². The largest absolute Gasteiger partial charge is 0.496 e. The first-order valence-electron chi connectivity index (χ1n) is 6.51. The third kappa shape index (κ3) is 2.03. The van der Waals surface area contributed by atoms with Crippen LogP contribution in [-0.2, 0) is 11.2 Å². The van der Waals surface area contributed by atoms with Crippen molar-refractivity contribution < 1.29 is 14.3 Å². The van der Waals surface area contributed by atoms with E-state index in [1.165, 1.54) is 0 Å². The second kappa shape index (κ2) is 4.96. The van der Waals surface area contributed by atoms with Crippen LogP contribution in [0.1, 0.15) is 21.6 Å². The minimum Gasteiger partial charge on any atom is -0.496 e. The van der Waals surface area contributed by atoms with E-state index in [1.807, 2.05) is 37.3 Å². The molecule has 4 heteroatoms. The van der Waals surface area contributed by atoms with Crippen LogP contribution in [0.3, 0.4) is 0 Å². The summed E-state index contributed by atoms with van der Waals surface area (Å²) in [6, 6.07) is 9.52. The fraction of sp³-hybridized carbons (Fsp3) is 0.250. The van der Waals surface area contributed by atoms with Gasteiger partial charge in [0.25, 0.3) is 0 Å². The lowest BCUT2D eigenvalue weighted by Gasteiger charge is -2.20. The monoisotopic (exact) mass is 269 g/mol. The number of benzene rings is 1. The number of cyclic esters (lactones) is 1. The van der Waals surface area contributed by atoms with Crippen LogP contribution < -0.4 is 4.74 Å². The van der Waals surface area contributed by atoms with Crippen LogP contribution in [-0.4, -0.2) is 24.7 Å². The summed E-state index contributed by atoms with van der Waals surface area (Å²) in [5, 5.41) is 0. The van der Waals surface area contributed by atoms with Crippen molar-refractivity contribution in [2.75, 3.05) is 13.7 Å². The predicted molar refractivity (Wildman–Crippen MR) is 74.9 cm³/mol. The van der Waals surface area contributed by atoms with Gasteiger partial charge in [-0.2, -0.15) is 0 Å². The standard InChI is InChI=1S/C16H15NO3/c1-10-9-11-7-8-20-16(18)14(11)15(17-10)12-5-3-4-6-13(12)19-2/h3-6,9H,7-8H2,1-2H3. The van der Waals surface area contributed by atoms with Crippen LogP contribution in [0.15, 0.2) is 30.3 Å². The number of nitrogens with zero attached hydrogens (tertiary/aromatic N) is 1. The van der Waals surface area contributed by atoms with E-state index in [4.69, 9.17) is 9.47 Å². The van der Waals surface area contributed by atoms with Crippen LogP contribution in [0.4, 0.5) is 0 Å². The highest BCUT2D eigenvalue weighted by Crippen LogP contribution is 2.34. The Kier molecular flexibility index (Phi) is 3.14. The number of aromatic nitrogens is 1. The van der Waals surface area contributed by atoms with Gasteiger partial charge < -0.3 is 9.47 Å². The molecule has 0 bridgehead atoms. The molecule has 20 heavy (non-hydrogen) atoms. The Morgan fingerprint density at radius 2 is 2.10 bits per heavy atom. The summed E-state index contributed by atoms with van der Waals surface area (Å²) in [4.78, 5) is 16.6. The summed E-state index contributed by atoms with van der Waals surface area (Å²) < 4.78 is 10.5. The van der Waals surface area contributed by atoms with Crippen molar-refractivity contribution in [3.8, 4) is 17.0 Å². The van der Waals surface area contributed by atoms with E-state index in [0.717, 1.165) is 23.2 Å². The van der Waals surface area contributed by atoms with Gasteiger partial charge in [0.2, 0.25) is 0 Å². The first kappa shape index (κ1) is 12.7. The first-order chi connectivity index (χ1) is 9.70. The van der Waals surface area contributed by atoms with E-state index in [2.05, 4.69) is 4.98 Å². The zero-order chi connectivity index (χ0) is 14.1. The molecule has 0 atom stereocenters. The number of aryl methyl sites for hydroxylation is 1. The number of para-hydroxylation sites is 1. The Balaban J connectivity index is 2.28. The predicted octanol–water partition coefficient (Wildman–Crippen LogP) is 2.78. The molecule has 4 nitrogen and oxygen atoms in total. The summed E-state index contributed by atoms with van der Waals surface area (Å²) in [6.07, 6.45) is 0.729. The molecule has 2 heterocycles. The van der Waals surface area contributed by atoms with E-state index >= 15 is 0 Å². The topological polar surface area (TPSA) is 48.4 Å². The fourth-order valence-corrected chi connectivity index (χ4v) is 2.53. The minimum atomic E-state index is -0.306. The average molecular weight is 269 g/mol. The quantitative estimate of drug-likeness (QED) is 0.787. The van der Waals surface area contributed by atoms with E-state index in [1.54, 1.807) is 7.11 Å². The molecule has 0 spiro atoms. The Morgan fingerprint density at radius 3 is 2.90 bits per heavy atom. The maximum Gasteiger partial charge on any atom is 0.340 e. The third-order valence-electron chi connectivity index (χ3n) is 3.40. The number of pyridine rings is 1. The summed E-state index contributed by atoms with van der Waals surface area (Å²) in [5.74, 6) is 0.394. The maximum atomic E-state index is 12.1. The molecular formula is C16H15NO3. The molecule has 1 aromatic heterocycles. The van der Waals surface area contributed by atoms with Crippen molar-refractivity contribution in [2.24, 2.45) is 0 Å². The van der Waals surface area contributed by atoms with Crippen LogP contribution in [0.5, 0.6) is 5.75 Å². The molecule has 0 saturated carbocycles. The molecule has 0 N–H and O–H groups in total. The molecule has 0 saturated heterocycles. The van der Waals surface area contributed by atoms with Crippen molar-refractivity contribution >= 4 is 5.97 Å². The number of ether oxygens (including phenoxy) is 2. The van der Waals surface area contributed by atoms with Crippen molar-refractivity contribution in [1.82, 2.24) is 4.98 Å². The van der Waals surface area contributed by atoms with Crippen LogP contribution >= 0.6 is 0 Å². The zero-order valence-corrected chi connectivity index (χ0v) is 11.5. The minimum absolute atomic E-state index is 0.306. The number of hydrogen-bond donors (Lipinski definition) is 0. The van der Waals surface area contributed by atoms with Gasteiger partial charge in [-0.1, -0.05) is 12.1 Å². The second-order valence-electron chi connectivity index (χ2n) is 4.73. The van der Waals surface area contributed by atoms with Gasteiger partial charge in [-0.05, 0) is 30.7 Å². The highest BCUT2D eigenvalue weighted by Gasteiger charge is 2.25. The SMILES string of the molecule is COc1ccccc1-c1nc(C)cc2c1C(=O)OCC2. The number of carbonyl (C=O) groups is 1. The van der Waals surface area contributed by atoms with Gasteiger partial charge in [-0.25, -0.2) is 4.79 Å². The molecule has 0 unspecified atom stereocenters. The summed E-state index contributed by atoms with van der Waals surface area (Å²) >= 11 is 0.